The fourth-order valence-electron chi connectivity index (χ4n) is 1.82. The average Bonchev–Trinajstić information content (AvgIpc) is 2.51. The van der Waals surface area contributed by atoms with Gasteiger partial charge in [0.25, 0.3) is 0 Å². The minimum absolute atomic E-state index is 0.501. The molecule has 0 aliphatic carbocycles. The van der Waals surface area contributed by atoms with Crippen LogP contribution in [-0.2, 0) is 0 Å². The molecule has 0 aromatic heterocycles. The summed E-state index contributed by atoms with van der Waals surface area (Å²) in [5, 5.41) is 0. The predicted octanol–water partition coefficient (Wildman–Crippen LogP) is 2.13. The lowest BCUT2D eigenvalue weighted by atomic mass is 10.4. The lowest BCUT2D eigenvalue weighted by Crippen LogP contribution is -2.28. The molecule has 0 bridgehead atoms. The highest BCUT2D eigenvalue weighted by molar-refractivity contribution is 6.58. The van der Waals surface area contributed by atoms with Crippen LogP contribution in [0.3, 0.4) is 0 Å². The van der Waals surface area contributed by atoms with Gasteiger partial charge in [0.1, 0.15) is 0 Å². The molecule has 1 saturated heterocycles. The van der Waals surface area contributed by atoms with Gasteiger partial charge in [0.05, 0.1) is 0 Å². The SMILES string of the molecule is C=CC(CN1CCCC1)[SiH](C)C. The van der Waals surface area contributed by atoms with Crippen molar-refractivity contribution >= 4 is 8.80 Å². The van der Waals surface area contributed by atoms with Gasteiger partial charge in [-0.2, -0.15) is 0 Å². The van der Waals surface area contributed by atoms with Gasteiger partial charge in [-0.3, -0.25) is 0 Å². The summed E-state index contributed by atoms with van der Waals surface area (Å²) in [7, 11) is -0.501. The van der Waals surface area contributed by atoms with Gasteiger partial charge in [-0.05, 0) is 31.5 Å². The van der Waals surface area contributed by atoms with Crippen LogP contribution in [-0.4, -0.2) is 33.3 Å². The van der Waals surface area contributed by atoms with Crippen LogP contribution < -0.4 is 0 Å². The molecule has 0 spiro atoms. The van der Waals surface area contributed by atoms with Crippen LogP contribution in [0.1, 0.15) is 12.8 Å². The van der Waals surface area contributed by atoms with Gasteiger partial charge in [0.15, 0.2) is 0 Å². The first-order valence-corrected chi connectivity index (χ1v) is 8.06. The molecule has 12 heavy (non-hydrogen) atoms. The highest BCUT2D eigenvalue weighted by atomic mass is 28.3. The Balaban J connectivity index is 2.30. The summed E-state index contributed by atoms with van der Waals surface area (Å²) in [6, 6.07) is 0. The van der Waals surface area contributed by atoms with Crippen molar-refractivity contribution in [2.24, 2.45) is 0 Å². The largest absolute Gasteiger partial charge is 0.303 e. The van der Waals surface area contributed by atoms with Gasteiger partial charge in [0, 0.05) is 15.3 Å². The first kappa shape index (κ1) is 10.0. The normalized spacial score (nSPS) is 21.6. The molecule has 1 fully saturated rings. The Kier molecular flexibility index (Phi) is 4.02. The third kappa shape index (κ3) is 2.76. The quantitative estimate of drug-likeness (QED) is 0.477. The number of hydrogen-bond donors (Lipinski definition) is 0. The Morgan fingerprint density at radius 3 is 2.42 bits per heavy atom. The maximum atomic E-state index is 3.93. The first-order chi connectivity index (χ1) is 5.74. The molecule has 0 aromatic carbocycles. The van der Waals surface area contributed by atoms with E-state index in [0.29, 0.717) is 0 Å². The molecule has 1 heterocycles. The standard InChI is InChI=1S/C10H21NSi/c1-4-10(12(2)3)9-11-7-5-6-8-11/h4,10,12H,1,5-9H2,2-3H3. The van der Waals surface area contributed by atoms with Crippen molar-refractivity contribution in [2.45, 2.75) is 31.5 Å². The second-order valence-corrected chi connectivity index (χ2v) is 7.50. The van der Waals surface area contributed by atoms with E-state index in [9.17, 15) is 0 Å². The maximum absolute atomic E-state index is 3.93. The minimum atomic E-state index is -0.501. The summed E-state index contributed by atoms with van der Waals surface area (Å²) >= 11 is 0. The van der Waals surface area contributed by atoms with Crippen molar-refractivity contribution in [1.29, 1.82) is 0 Å². The van der Waals surface area contributed by atoms with E-state index in [1.165, 1.54) is 32.5 Å². The molecule has 1 aliphatic heterocycles. The smallest absolute Gasteiger partial charge is 0.0396 e. The van der Waals surface area contributed by atoms with E-state index < -0.39 is 8.80 Å². The molecular weight excluding hydrogens is 162 g/mol. The lowest BCUT2D eigenvalue weighted by molar-refractivity contribution is 0.345. The van der Waals surface area contributed by atoms with E-state index in [1.807, 2.05) is 0 Å². The summed E-state index contributed by atoms with van der Waals surface area (Å²) in [5.41, 5.74) is 0.822. The second kappa shape index (κ2) is 4.82. The molecule has 0 radical (unpaired) electrons. The van der Waals surface area contributed by atoms with Crippen LogP contribution in [0.25, 0.3) is 0 Å². The van der Waals surface area contributed by atoms with Crippen LogP contribution in [0.4, 0.5) is 0 Å². The molecular formula is C10H21NSi. The molecule has 1 nitrogen and oxygen atoms in total. The van der Waals surface area contributed by atoms with Crippen molar-refractivity contribution in [2.75, 3.05) is 19.6 Å². The van der Waals surface area contributed by atoms with Crippen LogP contribution in [0.2, 0.25) is 18.6 Å². The van der Waals surface area contributed by atoms with Gasteiger partial charge in [-0.1, -0.05) is 19.2 Å². The minimum Gasteiger partial charge on any atom is -0.303 e. The van der Waals surface area contributed by atoms with Crippen molar-refractivity contribution in [3.63, 3.8) is 0 Å². The fourth-order valence-corrected chi connectivity index (χ4v) is 3.08. The summed E-state index contributed by atoms with van der Waals surface area (Å²) in [6.07, 6.45) is 4.99. The molecule has 0 saturated carbocycles. The van der Waals surface area contributed by atoms with Gasteiger partial charge in [0.2, 0.25) is 0 Å². The maximum Gasteiger partial charge on any atom is 0.0396 e. The van der Waals surface area contributed by atoms with E-state index in [2.05, 4.69) is 30.6 Å². The van der Waals surface area contributed by atoms with E-state index in [0.717, 1.165) is 5.54 Å². The van der Waals surface area contributed by atoms with E-state index in [1.54, 1.807) is 0 Å². The van der Waals surface area contributed by atoms with Crippen molar-refractivity contribution in [3.8, 4) is 0 Å². The van der Waals surface area contributed by atoms with Gasteiger partial charge >= 0.3 is 0 Å². The Morgan fingerprint density at radius 1 is 1.42 bits per heavy atom. The zero-order valence-electron chi connectivity index (χ0n) is 8.42. The van der Waals surface area contributed by atoms with Gasteiger partial charge in [-0.25, -0.2) is 0 Å². The summed E-state index contributed by atoms with van der Waals surface area (Å²) in [5.74, 6) is 0. The number of likely N-dealkylation sites (tertiary alicyclic amines) is 1. The molecule has 0 aromatic rings. The fraction of sp³-hybridized carbons (Fsp3) is 0.800. The Labute approximate surface area is 78.1 Å². The lowest BCUT2D eigenvalue weighted by Gasteiger charge is -2.22. The van der Waals surface area contributed by atoms with Crippen LogP contribution in [0.5, 0.6) is 0 Å². The van der Waals surface area contributed by atoms with Crippen LogP contribution >= 0.6 is 0 Å². The molecule has 2 heteroatoms. The third-order valence-corrected chi connectivity index (χ3v) is 5.02. The molecule has 1 rings (SSSR count). The number of hydrogen-bond acceptors (Lipinski definition) is 1. The second-order valence-electron chi connectivity index (χ2n) is 4.15. The Bertz CT molecular complexity index is 139. The van der Waals surface area contributed by atoms with E-state index in [4.69, 9.17) is 0 Å². The highest BCUT2D eigenvalue weighted by Gasteiger charge is 2.17. The van der Waals surface area contributed by atoms with Crippen molar-refractivity contribution in [1.82, 2.24) is 4.90 Å². The third-order valence-electron chi connectivity index (χ3n) is 2.83. The molecule has 70 valence electrons. The van der Waals surface area contributed by atoms with Gasteiger partial charge < -0.3 is 4.90 Å². The topological polar surface area (TPSA) is 3.24 Å². The van der Waals surface area contributed by atoms with Crippen LogP contribution in [0.15, 0.2) is 12.7 Å². The van der Waals surface area contributed by atoms with E-state index >= 15 is 0 Å². The molecule has 0 amide bonds. The predicted molar refractivity (Wildman–Crippen MR) is 58.5 cm³/mol. The number of rotatable bonds is 4. The summed E-state index contributed by atoms with van der Waals surface area (Å²) in [4.78, 5) is 2.60. The monoisotopic (exact) mass is 183 g/mol. The summed E-state index contributed by atoms with van der Waals surface area (Å²) in [6.45, 7) is 12.7. The Morgan fingerprint density at radius 2 is 2.00 bits per heavy atom. The molecule has 1 aliphatic rings. The van der Waals surface area contributed by atoms with Crippen LogP contribution in [0, 0.1) is 0 Å². The zero-order valence-corrected chi connectivity index (χ0v) is 9.58. The van der Waals surface area contributed by atoms with Crippen molar-refractivity contribution < 1.29 is 0 Å². The first-order valence-electron chi connectivity index (χ1n) is 5.09. The average molecular weight is 183 g/mol. The molecule has 1 atom stereocenters. The van der Waals surface area contributed by atoms with Crippen molar-refractivity contribution in [3.05, 3.63) is 12.7 Å². The summed E-state index contributed by atoms with van der Waals surface area (Å²) < 4.78 is 0. The van der Waals surface area contributed by atoms with E-state index in [-0.39, 0.29) is 0 Å². The highest BCUT2D eigenvalue weighted by Crippen LogP contribution is 2.17. The van der Waals surface area contributed by atoms with Gasteiger partial charge in [-0.15, -0.1) is 6.58 Å². The molecule has 0 N–H and O–H groups in total. The zero-order chi connectivity index (χ0) is 8.97. The Hall–Kier alpha value is -0.0831. The number of nitrogens with zero attached hydrogens (tertiary/aromatic N) is 1. The molecule has 1 unspecified atom stereocenters.